The van der Waals surface area contributed by atoms with E-state index in [0.29, 0.717) is 19.8 Å². The topological polar surface area (TPSA) is 73.5 Å². The summed E-state index contributed by atoms with van der Waals surface area (Å²) >= 11 is 0. The minimum absolute atomic E-state index is 0.187. The van der Waals surface area contributed by atoms with Crippen LogP contribution in [0.25, 0.3) is 0 Å². The number of rotatable bonds is 8. The first-order valence-corrected chi connectivity index (χ1v) is 5.99. The van der Waals surface area contributed by atoms with Crippen LogP contribution in [0.5, 0.6) is 0 Å². The molecule has 0 aliphatic carbocycles. The molecule has 6 heteroatoms. The van der Waals surface area contributed by atoms with Crippen molar-refractivity contribution in [1.29, 1.82) is 0 Å². The van der Waals surface area contributed by atoms with Crippen molar-refractivity contribution >= 4 is 5.82 Å². The van der Waals surface area contributed by atoms with Crippen LogP contribution in [0, 0.1) is 0 Å². The number of nitrogens with zero attached hydrogens (tertiary/aromatic N) is 3. The van der Waals surface area contributed by atoms with Gasteiger partial charge in [0.05, 0.1) is 25.5 Å². The molecule has 0 spiro atoms. The van der Waals surface area contributed by atoms with Crippen LogP contribution in [0.1, 0.15) is 12.5 Å². The van der Waals surface area contributed by atoms with E-state index in [2.05, 4.69) is 22.0 Å². The number of methoxy groups -OCH3 is 2. The first-order valence-electron chi connectivity index (χ1n) is 5.99. The molecule has 0 saturated heterocycles. The third-order valence-corrected chi connectivity index (χ3v) is 2.75. The molecule has 102 valence electrons. The maximum absolute atomic E-state index is 5.73. The van der Waals surface area contributed by atoms with Gasteiger partial charge >= 0.3 is 0 Å². The van der Waals surface area contributed by atoms with E-state index in [0.717, 1.165) is 17.9 Å². The van der Waals surface area contributed by atoms with Crippen molar-refractivity contribution in [3.8, 4) is 0 Å². The fourth-order valence-electron chi connectivity index (χ4n) is 1.81. The average molecular weight is 254 g/mol. The Morgan fingerprint density at radius 2 is 2.17 bits per heavy atom. The molecule has 0 aliphatic heterocycles. The number of ether oxygens (including phenoxy) is 2. The molecule has 1 atom stereocenters. The van der Waals surface area contributed by atoms with Crippen molar-refractivity contribution in [2.75, 3.05) is 38.9 Å². The molecule has 0 aliphatic rings. The standard InChI is InChI=1S/C12H22N4O2/c1-10(9-18-3)16(6-7-17-2)12-11(8-13)4-5-14-15-12/h4-5,10H,6-9,13H2,1-3H3. The molecular formula is C12H22N4O2. The van der Waals surface area contributed by atoms with E-state index in [-0.39, 0.29) is 6.04 Å². The number of anilines is 1. The molecule has 0 bridgehead atoms. The molecule has 2 N–H and O–H groups in total. The predicted molar refractivity (Wildman–Crippen MR) is 70.5 cm³/mol. The number of hydrogen-bond donors (Lipinski definition) is 1. The molecule has 6 nitrogen and oxygen atoms in total. The molecule has 0 fully saturated rings. The van der Waals surface area contributed by atoms with Gasteiger partial charge in [-0.25, -0.2) is 0 Å². The average Bonchev–Trinajstić information content (AvgIpc) is 2.40. The van der Waals surface area contributed by atoms with Gasteiger partial charge in [-0.05, 0) is 13.0 Å². The fraction of sp³-hybridized carbons (Fsp3) is 0.667. The highest BCUT2D eigenvalue weighted by molar-refractivity contribution is 5.46. The van der Waals surface area contributed by atoms with Crippen molar-refractivity contribution in [2.45, 2.75) is 19.5 Å². The van der Waals surface area contributed by atoms with Crippen molar-refractivity contribution in [2.24, 2.45) is 5.73 Å². The Morgan fingerprint density at radius 1 is 1.39 bits per heavy atom. The largest absolute Gasteiger partial charge is 0.383 e. The molecule has 1 aromatic heterocycles. The van der Waals surface area contributed by atoms with Gasteiger partial charge in [-0.1, -0.05) is 0 Å². The highest BCUT2D eigenvalue weighted by Crippen LogP contribution is 2.18. The lowest BCUT2D eigenvalue weighted by atomic mass is 10.2. The maximum atomic E-state index is 5.73. The lowest BCUT2D eigenvalue weighted by Crippen LogP contribution is -2.40. The summed E-state index contributed by atoms with van der Waals surface area (Å²) < 4.78 is 10.3. The summed E-state index contributed by atoms with van der Waals surface area (Å²) in [6.45, 7) is 4.48. The molecular weight excluding hydrogens is 232 g/mol. The van der Waals surface area contributed by atoms with Crippen molar-refractivity contribution in [3.63, 3.8) is 0 Å². The summed E-state index contributed by atoms with van der Waals surface area (Å²) in [6, 6.07) is 2.08. The van der Waals surface area contributed by atoms with E-state index in [9.17, 15) is 0 Å². The lowest BCUT2D eigenvalue weighted by Gasteiger charge is -2.30. The van der Waals surface area contributed by atoms with Gasteiger partial charge in [0.15, 0.2) is 5.82 Å². The number of aromatic nitrogens is 2. The van der Waals surface area contributed by atoms with E-state index in [1.54, 1.807) is 20.4 Å². The van der Waals surface area contributed by atoms with Crippen molar-refractivity contribution < 1.29 is 9.47 Å². The second-order valence-electron chi connectivity index (χ2n) is 4.07. The van der Waals surface area contributed by atoms with E-state index in [1.165, 1.54) is 0 Å². The maximum Gasteiger partial charge on any atom is 0.156 e. The van der Waals surface area contributed by atoms with Crippen LogP contribution >= 0.6 is 0 Å². The molecule has 1 aromatic rings. The van der Waals surface area contributed by atoms with E-state index >= 15 is 0 Å². The molecule has 0 saturated carbocycles. The van der Waals surface area contributed by atoms with E-state index in [4.69, 9.17) is 15.2 Å². The highest BCUT2D eigenvalue weighted by atomic mass is 16.5. The summed E-state index contributed by atoms with van der Waals surface area (Å²) in [5.41, 5.74) is 6.71. The third-order valence-electron chi connectivity index (χ3n) is 2.75. The molecule has 0 aromatic carbocycles. The highest BCUT2D eigenvalue weighted by Gasteiger charge is 2.18. The van der Waals surface area contributed by atoms with Crippen LogP contribution in [-0.4, -0.2) is 50.2 Å². The zero-order valence-corrected chi connectivity index (χ0v) is 11.3. The molecule has 1 heterocycles. The van der Waals surface area contributed by atoms with Crippen molar-refractivity contribution in [1.82, 2.24) is 10.2 Å². The molecule has 1 unspecified atom stereocenters. The minimum atomic E-state index is 0.187. The van der Waals surface area contributed by atoms with E-state index < -0.39 is 0 Å². The zero-order valence-electron chi connectivity index (χ0n) is 11.3. The Hall–Kier alpha value is -1.24. The Morgan fingerprint density at radius 3 is 2.78 bits per heavy atom. The van der Waals surface area contributed by atoms with Gasteiger partial charge in [-0.2, -0.15) is 5.10 Å². The first kappa shape index (κ1) is 14.8. The first-order chi connectivity index (χ1) is 8.74. The summed E-state index contributed by atoms with van der Waals surface area (Å²) in [6.07, 6.45) is 1.65. The van der Waals surface area contributed by atoms with Gasteiger partial charge in [-0.3, -0.25) is 0 Å². The summed E-state index contributed by atoms with van der Waals surface area (Å²) in [5.74, 6) is 0.807. The number of nitrogens with two attached hydrogens (primary N) is 1. The Labute approximate surface area is 108 Å². The smallest absolute Gasteiger partial charge is 0.156 e. The normalized spacial score (nSPS) is 12.4. The van der Waals surface area contributed by atoms with Crippen LogP contribution < -0.4 is 10.6 Å². The lowest BCUT2D eigenvalue weighted by molar-refractivity contribution is 0.170. The Balaban J connectivity index is 2.92. The summed E-state index contributed by atoms with van der Waals surface area (Å²) in [7, 11) is 3.37. The quantitative estimate of drug-likeness (QED) is 0.725. The van der Waals surface area contributed by atoms with Gasteiger partial charge in [0.1, 0.15) is 0 Å². The van der Waals surface area contributed by atoms with Crippen LogP contribution in [-0.2, 0) is 16.0 Å². The van der Waals surface area contributed by atoms with Gasteiger partial charge < -0.3 is 20.1 Å². The Kier molecular flexibility index (Phi) is 6.56. The molecule has 1 rings (SSSR count). The summed E-state index contributed by atoms with van der Waals surface area (Å²) in [4.78, 5) is 2.11. The van der Waals surface area contributed by atoms with Crippen LogP contribution in [0.3, 0.4) is 0 Å². The SMILES string of the molecule is COCCN(c1nnccc1CN)C(C)COC. The summed E-state index contributed by atoms with van der Waals surface area (Å²) in [5, 5.41) is 8.13. The fourth-order valence-corrected chi connectivity index (χ4v) is 1.81. The molecule has 0 radical (unpaired) electrons. The Bertz CT molecular complexity index is 349. The minimum Gasteiger partial charge on any atom is -0.383 e. The van der Waals surface area contributed by atoms with Crippen LogP contribution in [0.15, 0.2) is 12.3 Å². The van der Waals surface area contributed by atoms with Crippen LogP contribution in [0.4, 0.5) is 5.82 Å². The zero-order chi connectivity index (χ0) is 13.4. The van der Waals surface area contributed by atoms with Gasteiger partial charge in [0.25, 0.3) is 0 Å². The van der Waals surface area contributed by atoms with Crippen LogP contribution in [0.2, 0.25) is 0 Å². The molecule has 0 amide bonds. The second-order valence-corrected chi connectivity index (χ2v) is 4.07. The predicted octanol–water partition coefficient (Wildman–Crippen LogP) is 0.423. The van der Waals surface area contributed by atoms with Crippen molar-refractivity contribution in [3.05, 3.63) is 17.8 Å². The number of hydrogen-bond acceptors (Lipinski definition) is 6. The second kappa shape index (κ2) is 7.97. The van der Waals surface area contributed by atoms with E-state index in [1.807, 2.05) is 6.07 Å². The monoisotopic (exact) mass is 254 g/mol. The van der Waals surface area contributed by atoms with Gasteiger partial charge in [0, 0.05) is 32.9 Å². The van der Waals surface area contributed by atoms with Gasteiger partial charge in [0.2, 0.25) is 0 Å². The molecule has 18 heavy (non-hydrogen) atoms. The van der Waals surface area contributed by atoms with Gasteiger partial charge in [-0.15, -0.1) is 5.10 Å². The third kappa shape index (κ3) is 3.90.